The van der Waals surface area contributed by atoms with Gasteiger partial charge in [0.1, 0.15) is 0 Å². The lowest BCUT2D eigenvalue weighted by atomic mass is 9.91. The molecule has 1 aromatic rings. The standard InChI is InChI=1S/C16H21F2N3O3/c17-14(18)24-13-8-11(3-6-19-13)9-20-15(22)21-10-16-5-1-2-12(16)4-7-23-16/h3,6,8,12,14H,1-2,4-5,7,9-10H2,(H2,20,21,22)/t12?,16-/m0/s1. The van der Waals surface area contributed by atoms with Crippen LogP contribution in [0.4, 0.5) is 13.6 Å². The molecule has 1 aromatic heterocycles. The van der Waals surface area contributed by atoms with Crippen LogP contribution in [0.5, 0.6) is 5.88 Å². The summed E-state index contributed by atoms with van der Waals surface area (Å²) in [5.74, 6) is 0.365. The lowest BCUT2D eigenvalue weighted by Crippen LogP contribution is -2.47. The minimum atomic E-state index is -2.92. The van der Waals surface area contributed by atoms with E-state index in [1.54, 1.807) is 6.07 Å². The Bertz CT molecular complexity index is 575. The molecule has 6 nitrogen and oxygen atoms in total. The first-order valence-electron chi connectivity index (χ1n) is 8.13. The van der Waals surface area contributed by atoms with E-state index in [4.69, 9.17) is 4.74 Å². The topological polar surface area (TPSA) is 72.5 Å². The van der Waals surface area contributed by atoms with Crippen LogP contribution in [-0.4, -0.2) is 36.4 Å². The Morgan fingerprint density at radius 3 is 3.17 bits per heavy atom. The Balaban J connectivity index is 1.46. The van der Waals surface area contributed by atoms with Gasteiger partial charge in [0.25, 0.3) is 0 Å². The van der Waals surface area contributed by atoms with E-state index in [1.807, 2.05) is 0 Å². The molecule has 24 heavy (non-hydrogen) atoms. The molecule has 8 heteroatoms. The maximum atomic E-state index is 12.2. The first-order valence-corrected chi connectivity index (χ1v) is 8.13. The molecule has 0 radical (unpaired) electrons. The third kappa shape index (κ3) is 3.92. The maximum absolute atomic E-state index is 12.2. The van der Waals surface area contributed by atoms with E-state index in [2.05, 4.69) is 20.4 Å². The molecule has 2 heterocycles. The smallest absolute Gasteiger partial charge is 0.388 e. The Kier molecular flexibility index (Phi) is 5.13. The Hall–Kier alpha value is -1.96. The molecule has 2 fully saturated rings. The zero-order valence-electron chi connectivity index (χ0n) is 13.3. The zero-order valence-corrected chi connectivity index (χ0v) is 13.3. The number of rotatable bonds is 6. The molecule has 1 saturated heterocycles. The van der Waals surface area contributed by atoms with Gasteiger partial charge in [0.15, 0.2) is 0 Å². The Morgan fingerprint density at radius 2 is 2.33 bits per heavy atom. The zero-order chi connectivity index (χ0) is 17.0. The molecule has 1 saturated carbocycles. The second-order valence-electron chi connectivity index (χ2n) is 6.21. The number of hydrogen-bond acceptors (Lipinski definition) is 4. The van der Waals surface area contributed by atoms with Crippen LogP contribution in [0.3, 0.4) is 0 Å². The number of carbonyl (C=O) groups is 1. The van der Waals surface area contributed by atoms with Gasteiger partial charge in [0, 0.05) is 32.0 Å². The van der Waals surface area contributed by atoms with Crippen molar-refractivity contribution in [3.8, 4) is 5.88 Å². The van der Waals surface area contributed by atoms with Crippen molar-refractivity contribution in [3.63, 3.8) is 0 Å². The van der Waals surface area contributed by atoms with E-state index in [0.717, 1.165) is 32.3 Å². The molecule has 2 N–H and O–H groups in total. The number of halogens is 2. The summed E-state index contributed by atoms with van der Waals surface area (Å²) in [5.41, 5.74) is 0.427. The van der Waals surface area contributed by atoms with Gasteiger partial charge in [-0.25, -0.2) is 9.78 Å². The van der Waals surface area contributed by atoms with Gasteiger partial charge in [0.2, 0.25) is 5.88 Å². The molecule has 0 bridgehead atoms. The van der Waals surface area contributed by atoms with Gasteiger partial charge in [-0.2, -0.15) is 8.78 Å². The number of amides is 2. The molecule has 0 aromatic carbocycles. The van der Waals surface area contributed by atoms with Crippen molar-refractivity contribution in [2.75, 3.05) is 13.2 Å². The molecule has 2 aliphatic rings. The van der Waals surface area contributed by atoms with Crippen LogP contribution in [-0.2, 0) is 11.3 Å². The normalized spacial score (nSPS) is 25.5. The molecular weight excluding hydrogens is 320 g/mol. The van der Waals surface area contributed by atoms with Gasteiger partial charge in [-0.3, -0.25) is 0 Å². The maximum Gasteiger partial charge on any atom is 0.388 e. The molecule has 1 aliphatic carbocycles. The lowest BCUT2D eigenvalue weighted by molar-refractivity contribution is -0.0529. The first kappa shape index (κ1) is 16.9. The fourth-order valence-electron chi connectivity index (χ4n) is 3.59. The van der Waals surface area contributed by atoms with E-state index >= 15 is 0 Å². The van der Waals surface area contributed by atoms with E-state index in [-0.39, 0.29) is 24.1 Å². The minimum absolute atomic E-state index is 0.170. The molecule has 2 amide bonds. The van der Waals surface area contributed by atoms with E-state index in [9.17, 15) is 13.6 Å². The highest BCUT2D eigenvalue weighted by molar-refractivity contribution is 5.73. The molecule has 1 unspecified atom stereocenters. The fraction of sp³-hybridized carbons (Fsp3) is 0.625. The predicted octanol–water partition coefficient (Wildman–Crippen LogP) is 2.44. The largest absolute Gasteiger partial charge is 0.417 e. The molecule has 132 valence electrons. The highest BCUT2D eigenvalue weighted by atomic mass is 19.3. The molecule has 1 aliphatic heterocycles. The molecule has 0 spiro atoms. The van der Waals surface area contributed by atoms with Crippen LogP contribution < -0.4 is 15.4 Å². The van der Waals surface area contributed by atoms with E-state index < -0.39 is 6.61 Å². The van der Waals surface area contributed by atoms with Crippen LogP contribution in [0.15, 0.2) is 18.3 Å². The summed E-state index contributed by atoms with van der Waals surface area (Å²) in [7, 11) is 0. The van der Waals surface area contributed by atoms with Crippen molar-refractivity contribution in [1.82, 2.24) is 15.6 Å². The van der Waals surface area contributed by atoms with Crippen molar-refractivity contribution >= 4 is 6.03 Å². The Morgan fingerprint density at radius 1 is 1.46 bits per heavy atom. The number of pyridine rings is 1. The van der Waals surface area contributed by atoms with Gasteiger partial charge in [-0.05, 0) is 36.8 Å². The van der Waals surface area contributed by atoms with E-state index in [0.29, 0.717) is 18.0 Å². The van der Waals surface area contributed by atoms with Crippen molar-refractivity contribution < 1.29 is 23.0 Å². The third-order valence-electron chi connectivity index (χ3n) is 4.76. The van der Waals surface area contributed by atoms with Crippen molar-refractivity contribution in [1.29, 1.82) is 0 Å². The molecule has 3 rings (SSSR count). The van der Waals surface area contributed by atoms with Gasteiger partial charge >= 0.3 is 12.6 Å². The number of carbonyl (C=O) groups excluding carboxylic acids is 1. The van der Waals surface area contributed by atoms with Gasteiger partial charge < -0.3 is 20.1 Å². The third-order valence-corrected chi connectivity index (χ3v) is 4.76. The predicted molar refractivity (Wildman–Crippen MR) is 81.7 cm³/mol. The fourth-order valence-corrected chi connectivity index (χ4v) is 3.59. The summed E-state index contributed by atoms with van der Waals surface area (Å²) in [6.45, 7) is -1.46. The Labute approximate surface area is 138 Å². The second kappa shape index (κ2) is 7.29. The molecular formula is C16H21F2N3O3. The van der Waals surface area contributed by atoms with Crippen molar-refractivity contribution in [2.45, 2.75) is 44.4 Å². The second-order valence-corrected chi connectivity index (χ2v) is 6.21. The highest BCUT2D eigenvalue weighted by Crippen LogP contribution is 2.44. The van der Waals surface area contributed by atoms with E-state index in [1.165, 1.54) is 12.3 Å². The number of nitrogens with zero attached hydrogens (tertiary/aromatic N) is 1. The van der Waals surface area contributed by atoms with Crippen molar-refractivity contribution in [3.05, 3.63) is 23.9 Å². The number of aromatic nitrogens is 1. The van der Waals surface area contributed by atoms with Gasteiger partial charge in [-0.1, -0.05) is 6.42 Å². The number of alkyl halides is 2. The van der Waals surface area contributed by atoms with Crippen LogP contribution in [0.2, 0.25) is 0 Å². The number of urea groups is 1. The summed E-state index contributed by atoms with van der Waals surface area (Å²) in [6, 6.07) is 2.70. The van der Waals surface area contributed by atoms with Crippen LogP contribution in [0.1, 0.15) is 31.2 Å². The van der Waals surface area contributed by atoms with Crippen molar-refractivity contribution in [2.24, 2.45) is 5.92 Å². The van der Waals surface area contributed by atoms with Gasteiger partial charge in [0.05, 0.1) is 5.60 Å². The summed E-state index contributed by atoms with van der Waals surface area (Å²) >= 11 is 0. The minimum Gasteiger partial charge on any atom is -0.417 e. The summed E-state index contributed by atoms with van der Waals surface area (Å²) in [5, 5.41) is 5.57. The number of nitrogens with one attached hydrogen (secondary N) is 2. The van der Waals surface area contributed by atoms with Gasteiger partial charge in [-0.15, -0.1) is 0 Å². The number of fused-ring (bicyclic) bond motifs is 1. The average molecular weight is 341 g/mol. The number of ether oxygens (including phenoxy) is 2. The van der Waals surface area contributed by atoms with Crippen LogP contribution in [0.25, 0.3) is 0 Å². The summed E-state index contributed by atoms with van der Waals surface area (Å²) in [4.78, 5) is 15.7. The highest BCUT2D eigenvalue weighted by Gasteiger charge is 2.47. The summed E-state index contributed by atoms with van der Waals surface area (Å²) < 4.78 is 34.5. The first-order chi connectivity index (χ1) is 11.6. The monoisotopic (exact) mass is 341 g/mol. The average Bonchev–Trinajstić information content (AvgIpc) is 3.10. The lowest BCUT2D eigenvalue weighted by Gasteiger charge is -2.28. The van der Waals surface area contributed by atoms with Crippen LogP contribution >= 0.6 is 0 Å². The SMILES string of the molecule is O=C(NCc1ccnc(OC(F)F)c1)NC[C@@]12CCCC1CCO2. The molecule has 2 atom stereocenters. The quantitative estimate of drug-likeness (QED) is 0.834. The summed E-state index contributed by atoms with van der Waals surface area (Å²) in [6.07, 6.45) is 5.70. The number of hydrogen-bond donors (Lipinski definition) is 2. The van der Waals surface area contributed by atoms with Crippen LogP contribution in [0, 0.1) is 5.92 Å².